The van der Waals surface area contributed by atoms with Crippen molar-refractivity contribution in [2.24, 2.45) is 0 Å². The molecule has 4 N–H and O–H groups in total. The van der Waals surface area contributed by atoms with Gasteiger partial charge in [-0.2, -0.15) is 0 Å². The zero-order valence-electron chi connectivity index (χ0n) is 12.1. The smallest absolute Gasteiger partial charge is 0.234 e. The summed E-state index contributed by atoms with van der Waals surface area (Å²) in [6, 6.07) is 4.42. The molecule has 1 aromatic carbocycles. The van der Waals surface area contributed by atoms with Crippen LogP contribution in [0.4, 0.5) is 5.69 Å². The minimum Gasteiger partial charge on any atom is -0.506 e. The number of phenolic OH excluding ortho intramolecular Hbond substituents is 1. The van der Waals surface area contributed by atoms with Gasteiger partial charge in [-0.25, -0.2) is 4.68 Å². The zero-order chi connectivity index (χ0) is 16.3. The predicted molar refractivity (Wildman–Crippen MR) is 86.7 cm³/mol. The molecule has 7 nitrogen and oxygen atoms in total. The lowest BCUT2D eigenvalue weighted by Crippen LogP contribution is -2.17. The molecule has 0 spiro atoms. The van der Waals surface area contributed by atoms with Gasteiger partial charge in [-0.3, -0.25) is 4.79 Å². The second-order valence-electron chi connectivity index (χ2n) is 4.86. The van der Waals surface area contributed by atoms with Gasteiger partial charge in [-0.15, -0.1) is 10.2 Å². The molecule has 118 valence electrons. The van der Waals surface area contributed by atoms with Crippen LogP contribution in [0.2, 0.25) is 5.02 Å². The van der Waals surface area contributed by atoms with Gasteiger partial charge in [0.1, 0.15) is 5.75 Å². The molecule has 0 saturated carbocycles. The van der Waals surface area contributed by atoms with E-state index < -0.39 is 0 Å². The number of anilines is 1. The first-order valence-corrected chi connectivity index (χ1v) is 7.86. The molecule has 22 heavy (non-hydrogen) atoms. The number of phenols is 1. The molecule has 1 heterocycles. The van der Waals surface area contributed by atoms with Gasteiger partial charge in [0.15, 0.2) is 5.82 Å². The number of carbonyl (C=O) groups is 1. The summed E-state index contributed by atoms with van der Waals surface area (Å²) in [6.07, 6.45) is 0. The maximum atomic E-state index is 11.9. The fraction of sp³-hybridized carbons (Fsp3) is 0.308. The van der Waals surface area contributed by atoms with Gasteiger partial charge >= 0.3 is 0 Å². The van der Waals surface area contributed by atoms with Crippen molar-refractivity contribution in [1.29, 1.82) is 0 Å². The van der Waals surface area contributed by atoms with E-state index in [1.807, 2.05) is 13.8 Å². The van der Waals surface area contributed by atoms with Crippen LogP contribution >= 0.6 is 23.4 Å². The molecule has 0 aliphatic carbocycles. The minimum absolute atomic E-state index is 0.0492. The topological polar surface area (TPSA) is 106 Å². The second kappa shape index (κ2) is 6.89. The third-order valence-electron chi connectivity index (χ3n) is 2.77. The molecular formula is C13H16ClN5O2S. The number of halogens is 1. The van der Waals surface area contributed by atoms with Crippen LogP contribution < -0.4 is 11.2 Å². The lowest BCUT2D eigenvalue weighted by molar-refractivity contribution is -0.113. The third kappa shape index (κ3) is 3.83. The first kappa shape index (κ1) is 16.4. The van der Waals surface area contributed by atoms with Gasteiger partial charge in [0, 0.05) is 10.9 Å². The number of amides is 1. The summed E-state index contributed by atoms with van der Waals surface area (Å²) in [7, 11) is 0. The van der Waals surface area contributed by atoms with E-state index in [0.29, 0.717) is 16.0 Å². The van der Waals surface area contributed by atoms with Crippen LogP contribution in [0.25, 0.3) is 0 Å². The molecule has 2 rings (SSSR count). The van der Waals surface area contributed by atoms with E-state index in [9.17, 15) is 9.90 Å². The van der Waals surface area contributed by atoms with Crippen molar-refractivity contribution in [3.05, 3.63) is 29.0 Å². The molecule has 0 unspecified atom stereocenters. The minimum atomic E-state index is -0.309. The lowest BCUT2D eigenvalue weighted by Gasteiger charge is -2.08. The highest BCUT2D eigenvalue weighted by atomic mass is 35.5. The Morgan fingerprint density at radius 3 is 2.86 bits per heavy atom. The predicted octanol–water partition coefficient (Wildman–Crippen LogP) is 2.21. The summed E-state index contributed by atoms with van der Waals surface area (Å²) in [5.41, 5.74) is 0.259. The fourth-order valence-electron chi connectivity index (χ4n) is 1.71. The molecule has 0 aliphatic heterocycles. The van der Waals surface area contributed by atoms with Crippen LogP contribution in [0.5, 0.6) is 5.75 Å². The highest BCUT2D eigenvalue weighted by Crippen LogP contribution is 2.27. The Morgan fingerprint density at radius 1 is 1.50 bits per heavy atom. The van der Waals surface area contributed by atoms with E-state index >= 15 is 0 Å². The Kier molecular flexibility index (Phi) is 5.15. The Hall–Kier alpha value is -1.93. The first-order chi connectivity index (χ1) is 10.4. The van der Waals surface area contributed by atoms with Gasteiger partial charge < -0.3 is 16.3 Å². The third-order valence-corrected chi connectivity index (χ3v) is 3.95. The van der Waals surface area contributed by atoms with E-state index in [0.717, 1.165) is 11.8 Å². The Morgan fingerprint density at radius 2 is 2.23 bits per heavy atom. The van der Waals surface area contributed by atoms with Crippen LogP contribution in [0.1, 0.15) is 25.6 Å². The van der Waals surface area contributed by atoms with Crippen molar-refractivity contribution in [2.45, 2.75) is 24.9 Å². The fourth-order valence-corrected chi connectivity index (χ4v) is 2.54. The van der Waals surface area contributed by atoms with Crippen molar-refractivity contribution in [1.82, 2.24) is 14.9 Å². The number of nitrogens with two attached hydrogens (primary N) is 1. The van der Waals surface area contributed by atoms with Crippen molar-refractivity contribution in [3.63, 3.8) is 0 Å². The summed E-state index contributed by atoms with van der Waals surface area (Å²) in [6.45, 7) is 3.91. The molecule has 1 amide bonds. The number of hydrogen-bond donors (Lipinski definition) is 3. The maximum absolute atomic E-state index is 11.9. The molecule has 0 atom stereocenters. The number of benzene rings is 1. The van der Waals surface area contributed by atoms with Crippen molar-refractivity contribution >= 4 is 35.0 Å². The van der Waals surface area contributed by atoms with E-state index in [-0.39, 0.29) is 29.0 Å². The molecule has 0 fully saturated rings. The lowest BCUT2D eigenvalue weighted by atomic mass is 10.2. The molecular weight excluding hydrogens is 326 g/mol. The van der Waals surface area contributed by atoms with Crippen LogP contribution in [0.3, 0.4) is 0 Å². The number of nitrogen functional groups attached to an aromatic ring is 1. The molecule has 1 aromatic heterocycles. The van der Waals surface area contributed by atoms with Gasteiger partial charge in [0.05, 0.1) is 11.4 Å². The number of hydrogen-bond acceptors (Lipinski definition) is 6. The summed E-state index contributed by atoms with van der Waals surface area (Å²) >= 11 is 6.98. The van der Waals surface area contributed by atoms with E-state index in [2.05, 4.69) is 15.5 Å². The molecule has 2 aromatic rings. The summed E-state index contributed by atoms with van der Waals surface area (Å²) in [4.78, 5) is 11.9. The monoisotopic (exact) mass is 341 g/mol. The Labute approximate surface area is 136 Å². The summed E-state index contributed by atoms with van der Waals surface area (Å²) in [5.74, 6) is 6.38. The maximum Gasteiger partial charge on any atom is 0.234 e. The normalized spacial score (nSPS) is 10.9. The number of thioether (sulfide) groups is 1. The number of nitrogens with zero attached hydrogens (tertiary/aromatic N) is 3. The Balaban J connectivity index is 1.97. The van der Waals surface area contributed by atoms with Crippen LogP contribution in [0.15, 0.2) is 23.4 Å². The number of aromatic hydroxyl groups is 1. The highest BCUT2D eigenvalue weighted by molar-refractivity contribution is 7.99. The van der Waals surface area contributed by atoms with Crippen LogP contribution in [-0.2, 0) is 4.79 Å². The van der Waals surface area contributed by atoms with Crippen molar-refractivity contribution in [2.75, 3.05) is 16.9 Å². The second-order valence-corrected chi connectivity index (χ2v) is 6.24. The van der Waals surface area contributed by atoms with Crippen molar-refractivity contribution in [3.8, 4) is 5.75 Å². The summed E-state index contributed by atoms with van der Waals surface area (Å²) in [5, 5.41) is 21.0. The molecule has 0 aliphatic rings. The highest BCUT2D eigenvalue weighted by Gasteiger charge is 2.15. The Bertz CT molecular complexity index is 689. The van der Waals surface area contributed by atoms with E-state index in [4.69, 9.17) is 17.4 Å². The SMILES string of the molecule is CC(C)c1nnc(SCC(=O)Nc2cc(Cl)ccc2O)n1N. The van der Waals surface area contributed by atoms with Gasteiger partial charge in [0.25, 0.3) is 0 Å². The molecule has 9 heteroatoms. The van der Waals surface area contributed by atoms with Crippen LogP contribution in [0, 0.1) is 0 Å². The molecule has 0 radical (unpaired) electrons. The van der Waals surface area contributed by atoms with E-state index in [1.54, 1.807) is 0 Å². The number of nitrogens with one attached hydrogen (secondary N) is 1. The van der Waals surface area contributed by atoms with E-state index in [1.165, 1.54) is 22.9 Å². The van der Waals surface area contributed by atoms with Gasteiger partial charge in [0.2, 0.25) is 11.1 Å². The molecule has 0 bridgehead atoms. The standard InChI is InChI=1S/C13H16ClN5O2S/c1-7(2)12-17-18-13(19(12)15)22-6-11(21)16-9-5-8(14)3-4-10(9)20/h3-5,7,20H,6,15H2,1-2H3,(H,16,21). The number of rotatable bonds is 5. The van der Waals surface area contributed by atoms with Gasteiger partial charge in [-0.1, -0.05) is 37.2 Å². The quantitative estimate of drug-likeness (QED) is 0.437. The number of carbonyl (C=O) groups excluding carboxylic acids is 1. The first-order valence-electron chi connectivity index (χ1n) is 6.50. The summed E-state index contributed by atoms with van der Waals surface area (Å²) < 4.78 is 1.37. The number of aromatic nitrogens is 3. The largest absolute Gasteiger partial charge is 0.506 e. The zero-order valence-corrected chi connectivity index (χ0v) is 13.6. The van der Waals surface area contributed by atoms with Crippen molar-refractivity contribution < 1.29 is 9.90 Å². The average molecular weight is 342 g/mol. The molecule has 0 saturated heterocycles. The average Bonchev–Trinajstić information content (AvgIpc) is 2.82. The van der Waals surface area contributed by atoms with Crippen LogP contribution in [-0.4, -0.2) is 31.6 Å². The van der Waals surface area contributed by atoms with Gasteiger partial charge in [-0.05, 0) is 18.2 Å².